The molecule has 2 aromatic carbocycles. The molecule has 0 saturated heterocycles. The van der Waals surface area contributed by atoms with E-state index in [2.05, 4.69) is 67.2 Å². The zero-order chi connectivity index (χ0) is 17.4. The van der Waals surface area contributed by atoms with Gasteiger partial charge < -0.3 is 9.64 Å². The van der Waals surface area contributed by atoms with Gasteiger partial charge in [0.1, 0.15) is 5.75 Å². The summed E-state index contributed by atoms with van der Waals surface area (Å²) in [5, 5.41) is 0. The number of methoxy groups -OCH3 is 1. The Morgan fingerprint density at radius 2 is 1.62 bits per heavy atom. The SMILES string of the molecule is CCc1cccc(CN(CCN(C)C)Cc2ccccc2OC)c1. The molecule has 0 amide bonds. The number of rotatable bonds is 9. The van der Waals surface area contributed by atoms with E-state index in [0.29, 0.717) is 0 Å². The summed E-state index contributed by atoms with van der Waals surface area (Å²) in [5.41, 5.74) is 4.02. The number of benzene rings is 2. The monoisotopic (exact) mass is 326 g/mol. The normalized spacial score (nSPS) is 11.2. The largest absolute Gasteiger partial charge is 0.496 e. The highest BCUT2D eigenvalue weighted by molar-refractivity contribution is 5.33. The number of nitrogens with zero attached hydrogens (tertiary/aromatic N) is 2. The first-order chi connectivity index (χ1) is 11.6. The summed E-state index contributed by atoms with van der Waals surface area (Å²) in [4.78, 5) is 4.73. The molecular formula is C21H30N2O. The maximum absolute atomic E-state index is 5.52. The third kappa shape index (κ3) is 5.66. The van der Waals surface area contributed by atoms with E-state index < -0.39 is 0 Å². The molecule has 0 aromatic heterocycles. The molecule has 2 rings (SSSR count). The minimum atomic E-state index is 0.897. The summed E-state index contributed by atoms with van der Waals surface area (Å²) < 4.78 is 5.52. The Hall–Kier alpha value is -1.84. The third-order valence-electron chi connectivity index (χ3n) is 4.26. The molecule has 0 aliphatic heterocycles. The van der Waals surface area contributed by atoms with Crippen LogP contribution in [0.15, 0.2) is 48.5 Å². The van der Waals surface area contributed by atoms with Crippen LogP contribution in [0.2, 0.25) is 0 Å². The van der Waals surface area contributed by atoms with Gasteiger partial charge in [0.15, 0.2) is 0 Å². The Balaban J connectivity index is 2.14. The van der Waals surface area contributed by atoms with Crippen LogP contribution in [0, 0.1) is 0 Å². The first-order valence-electron chi connectivity index (χ1n) is 8.69. The van der Waals surface area contributed by atoms with Gasteiger partial charge in [-0.2, -0.15) is 0 Å². The molecule has 24 heavy (non-hydrogen) atoms. The fourth-order valence-electron chi connectivity index (χ4n) is 2.84. The van der Waals surface area contributed by atoms with Crippen molar-refractivity contribution in [2.75, 3.05) is 34.3 Å². The van der Waals surface area contributed by atoms with E-state index in [9.17, 15) is 0 Å². The van der Waals surface area contributed by atoms with Gasteiger partial charge in [-0.1, -0.05) is 49.4 Å². The Kier molecular flexibility index (Phi) is 7.29. The Morgan fingerprint density at radius 1 is 0.875 bits per heavy atom. The summed E-state index contributed by atoms with van der Waals surface area (Å²) in [6.45, 7) is 6.13. The van der Waals surface area contributed by atoms with Gasteiger partial charge in [-0.15, -0.1) is 0 Å². The highest BCUT2D eigenvalue weighted by atomic mass is 16.5. The summed E-state index contributed by atoms with van der Waals surface area (Å²) in [6, 6.07) is 17.2. The van der Waals surface area contributed by atoms with Crippen molar-refractivity contribution in [3.63, 3.8) is 0 Å². The van der Waals surface area contributed by atoms with E-state index in [4.69, 9.17) is 4.74 Å². The molecule has 3 heteroatoms. The second kappa shape index (κ2) is 9.45. The average molecular weight is 326 g/mol. The van der Waals surface area contributed by atoms with Crippen molar-refractivity contribution in [1.82, 2.24) is 9.80 Å². The Labute approximate surface area is 146 Å². The molecule has 0 spiro atoms. The van der Waals surface area contributed by atoms with E-state index >= 15 is 0 Å². The molecule has 0 atom stereocenters. The van der Waals surface area contributed by atoms with E-state index in [-0.39, 0.29) is 0 Å². The fourth-order valence-corrected chi connectivity index (χ4v) is 2.84. The van der Waals surface area contributed by atoms with Crippen LogP contribution in [0.4, 0.5) is 0 Å². The molecule has 0 heterocycles. The van der Waals surface area contributed by atoms with Crippen molar-refractivity contribution in [3.8, 4) is 5.75 Å². The van der Waals surface area contributed by atoms with Crippen LogP contribution in [0.3, 0.4) is 0 Å². The number of aryl methyl sites for hydroxylation is 1. The molecule has 0 bridgehead atoms. The van der Waals surface area contributed by atoms with Crippen LogP contribution in [0.25, 0.3) is 0 Å². The topological polar surface area (TPSA) is 15.7 Å². The zero-order valence-corrected chi connectivity index (χ0v) is 15.5. The van der Waals surface area contributed by atoms with Crippen LogP contribution in [0.1, 0.15) is 23.6 Å². The van der Waals surface area contributed by atoms with Gasteiger partial charge in [-0.25, -0.2) is 0 Å². The van der Waals surface area contributed by atoms with Crippen LogP contribution < -0.4 is 4.74 Å². The summed E-state index contributed by atoms with van der Waals surface area (Å²) in [7, 11) is 5.99. The van der Waals surface area contributed by atoms with E-state index in [1.54, 1.807) is 7.11 Å². The van der Waals surface area contributed by atoms with Crippen LogP contribution in [0.5, 0.6) is 5.75 Å². The molecule has 2 aromatic rings. The highest BCUT2D eigenvalue weighted by Crippen LogP contribution is 2.20. The van der Waals surface area contributed by atoms with Crippen molar-refractivity contribution >= 4 is 0 Å². The lowest BCUT2D eigenvalue weighted by molar-refractivity contribution is 0.223. The van der Waals surface area contributed by atoms with E-state index in [0.717, 1.165) is 38.3 Å². The smallest absolute Gasteiger partial charge is 0.123 e. The first kappa shape index (κ1) is 18.5. The second-order valence-corrected chi connectivity index (χ2v) is 6.50. The third-order valence-corrected chi connectivity index (χ3v) is 4.26. The minimum absolute atomic E-state index is 0.897. The van der Waals surface area contributed by atoms with Gasteiger partial charge in [0, 0.05) is 31.7 Å². The Morgan fingerprint density at radius 3 is 2.33 bits per heavy atom. The van der Waals surface area contributed by atoms with Gasteiger partial charge in [0.2, 0.25) is 0 Å². The zero-order valence-electron chi connectivity index (χ0n) is 15.5. The summed E-state index contributed by atoms with van der Waals surface area (Å²) >= 11 is 0. The first-order valence-corrected chi connectivity index (χ1v) is 8.69. The maximum Gasteiger partial charge on any atom is 0.123 e. The van der Waals surface area contributed by atoms with Crippen LogP contribution >= 0.6 is 0 Å². The van der Waals surface area contributed by atoms with Crippen LogP contribution in [-0.2, 0) is 19.5 Å². The standard InChI is InChI=1S/C21H30N2O/c1-5-18-9-8-10-19(15-18)16-23(14-13-22(2)3)17-20-11-6-7-12-21(20)24-4/h6-12,15H,5,13-14,16-17H2,1-4H3. The van der Waals surface area contributed by atoms with Crippen molar-refractivity contribution in [3.05, 3.63) is 65.2 Å². The number of hydrogen-bond acceptors (Lipinski definition) is 3. The van der Waals surface area contributed by atoms with Gasteiger partial charge in [-0.05, 0) is 37.7 Å². The number of ether oxygens (including phenoxy) is 1. The van der Waals surface area contributed by atoms with Crippen LogP contribution in [-0.4, -0.2) is 44.1 Å². The minimum Gasteiger partial charge on any atom is -0.496 e. The quantitative estimate of drug-likeness (QED) is 0.697. The molecular weight excluding hydrogens is 296 g/mol. The van der Waals surface area contributed by atoms with Gasteiger partial charge in [0.25, 0.3) is 0 Å². The highest BCUT2D eigenvalue weighted by Gasteiger charge is 2.11. The van der Waals surface area contributed by atoms with Gasteiger partial charge in [-0.3, -0.25) is 4.90 Å². The van der Waals surface area contributed by atoms with E-state index in [1.165, 1.54) is 16.7 Å². The molecule has 0 unspecified atom stereocenters. The Bertz CT molecular complexity index is 625. The maximum atomic E-state index is 5.52. The molecule has 0 N–H and O–H groups in total. The molecule has 0 fully saturated rings. The summed E-state index contributed by atoms with van der Waals surface area (Å²) in [6.07, 6.45) is 1.08. The molecule has 0 aliphatic carbocycles. The van der Waals surface area contributed by atoms with Gasteiger partial charge in [0.05, 0.1) is 7.11 Å². The van der Waals surface area contributed by atoms with Gasteiger partial charge >= 0.3 is 0 Å². The average Bonchev–Trinajstić information content (AvgIpc) is 2.60. The predicted molar refractivity (Wildman–Crippen MR) is 101 cm³/mol. The lowest BCUT2D eigenvalue weighted by Crippen LogP contribution is -2.31. The predicted octanol–water partition coefficient (Wildman–Crippen LogP) is 3.82. The number of para-hydroxylation sites is 1. The lowest BCUT2D eigenvalue weighted by Gasteiger charge is -2.25. The molecule has 0 saturated carbocycles. The molecule has 0 aliphatic rings. The number of hydrogen-bond donors (Lipinski definition) is 0. The fraction of sp³-hybridized carbons (Fsp3) is 0.429. The summed E-state index contributed by atoms with van der Waals surface area (Å²) in [5.74, 6) is 0.967. The molecule has 0 radical (unpaired) electrons. The van der Waals surface area contributed by atoms with Crippen molar-refractivity contribution < 1.29 is 4.74 Å². The molecule has 3 nitrogen and oxygen atoms in total. The van der Waals surface area contributed by atoms with Crippen molar-refractivity contribution in [2.24, 2.45) is 0 Å². The molecule has 130 valence electrons. The lowest BCUT2D eigenvalue weighted by atomic mass is 10.1. The second-order valence-electron chi connectivity index (χ2n) is 6.50. The van der Waals surface area contributed by atoms with Crippen molar-refractivity contribution in [2.45, 2.75) is 26.4 Å². The van der Waals surface area contributed by atoms with Crippen molar-refractivity contribution in [1.29, 1.82) is 0 Å². The van der Waals surface area contributed by atoms with E-state index in [1.807, 2.05) is 12.1 Å². The number of likely N-dealkylation sites (N-methyl/N-ethyl adjacent to an activating group) is 1.